The van der Waals surface area contributed by atoms with Gasteiger partial charge in [-0.25, -0.2) is 4.39 Å². The monoisotopic (exact) mass is 547 g/mol. The van der Waals surface area contributed by atoms with E-state index in [1.54, 1.807) is 46.6 Å². The number of ether oxygens (including phenoxy) is 4. The second-order valence-corrected chi connectivity index (χ2v) is 6.42. The van der Waals surface area contributed by atoms with Gasteiger partial charge < -0.3 is 29.6 Å². The molecule has 0 radical (unpaired) electrons. The fourth-order valence-corrected chi connectivity index (χ4v) is 2.84. The Hall–Kier alpha value is -2.43. The number of rotatable bonds is 10. The highest BCUT2D eigenvalue weighted by molar-refractivity contribution is 14.0. The first-order valence-electron chi connectivity index (χ1n) is 9.70. The van der Waals surface area contributed by atoms with Crippen LogP contribution in [0.2, 0.25) is 0 Å². The van der Waals surface area contributed by atoms with Crippen molar-refractivity contribution in [2.75, 3.05) is 34.9 Å². The highest BCUT2D eigenvalue weighted by Gasteiger charge is 2.14. The molecular weight excluding hydrogens is 516 g/mol. The summed E-state index contributed by atoms with van der Waals surface area (Å²) < 4.78 is 35.7. The first-order chi connectivity index (χ1) is 14.6. The lowest BCUT2D eigenvalue weighted by atomic mass is 10.2. The molecule has 7 nitrogen and oxygen atoms in total. The van der Waals surface area contributed by atoms with E-state index < -0.39 is 0 Å². The summed E-state index contributed by atoms with van der Waals surface area (Å²) in [7, 11) is 6.41. The van der Waals surface area contributed by atoms with Gasteiger partial charge in [0, 0.05) is 13.6 Å². The number of aliphatic imine (C=N–C) groups is 1. The largest absolute Gasteiger partial charge is 0.493 e. The van der Waals surface area contributed by atoms with Gasteiger partial charge in [0.05, 0.1) is 27.9 Å². The Bertz CT molecular complexity index is 826. The molecule has 172 valence electrons. The first kappa shape index (κ1) is 26.6. The molecule has 0 aliphatic heterocycles. The van der Waals surface area contributed by atoms with Crippen LogP contribution in [-0.4, -0.2) is 47.0 Å². The van der Waals surface area contributed by atoms with Gasteiger partial charge in [-0.2, -0.15) is 0 Å². The average molecular weight is 547 g/mol. The number of nitrogens with zero attached hydrogens (tertiary/aromatic N) is 1. The molecule has 0 amide bonds. The van der Waals surface area contributed by atoms with Crippen molar-refractivity contribution in [2.45, 2.75) is 26.0 Å². The van der Waals surface area contributed by atoms with E-state index in [1.807, 2.05) is 19.1 Å². The Morgan fingerprint density at radius 3 is 2.16 bits per heavy atom. The van der Waals surface area contributed by atoms with Crippen molar-refractivity contribution >= 4 is 29.9 Å². The maximum atomic E-state index is 13.8. The minimum absolute atomic E-state index is 0. The van der Waals surface area contributed by atoms with E-state index >= 15 is 0 Å². The zero-order chi connectivity index (χ0) is 21.9. The number of hydrogen-bond acceptors (Lipinski definition) is 5. The molecule has 1 unspecified atom stereocenters. The van der Waals surface area contributed by atoms with Gasteiger partial charge in [-0.3, -0.25) is 4.99 Å². The summed E-state index contributed by atoms with van der Waals surface area (Å²) in [5.74, 6) is 2.18. The van der Waals surface area contributed by atoms with Gasteiger partial charge in [0.2, 0.25) is 5.75 Å². The van der Waals surface area contributed by atoms with Crippen LogP contribution in [0, 0.1) is 5.82 Å². The van der Waals surface area contributed by atoms with Crippen LogP contribution in [0.3, 0.4) is 0 Å². The van der Waals surface area contributed by atoms with Gasteiger partial charge >= 0.3 is 0 Å². The fourth-order valence-electron chi connectivity index (χ4n) is 2.84. The molecule has 0 bridgehead atoms. The van der Waals surface area contributed by atoms with Gasteiger partial charge in [0.15, 0.2) is 29.0 Å². The van der Waals surface area contributed by atoms with E-state index in [0.29, 0.717) is 42.7 Å². The van der Waals surface area contributed by atoms with Crippen LogP contribution in [0.25, 0.3) is 0 Å². The summed E-state index contributed by atoms with van der Waals surface area (Å²) in [6.45, 7) is 2.94. The third kappa shape index (κ3) is 7.64. The molecule has 2 N–H and O–H groups in total. The molecule has 2 rings (SSSR count). The normalized spacial score (nSPS) is 11.7. The third-order valence-corrected chi connectivity index (χ3v) is 4.49. The van der Waals surface area contributed by atoms with E-state index in [2.05, 4.69) is 15.6 Å². The predicted molar refractivity (Wildman–Crippen MR) is 131 cm³/mol. The summed E-state index contributed by atoms with van der Waals surface area (Å²) in [6, 6.07) is 10.1. The third-order valence-electron chi connectivity index (χ3n) is 4.49. The summed E-state index contributed by atoms with van der Waals surface area (Å²) >= 11 is 0. The van der Waals surface area contributed by atoms with Crippen LogP contribution in [0.15, 0.2) is 41.4 Å². The fraction of sp³-hybridized carbons (Fsp3) is 0.409. The Morgan fingerprint density at radius 1 is 1.00 bits per heavy atom. The molecule has 1 atom stereocenters. The lowest BCUT2D eigenvalue weighted by Crippen LogP contribution is -2.42. The standard InChI is InChI=1S/C22H30FN3O4.HI/c1-6-16(30-18-10-8-7-9-17(18)23)14-26-22(24-2)25-13-15-11-19(27-3)21(29-5)20(12-15)28-4;/h7-12,16H,6,13-14H2,1-5H3,(H2,24,25,26);1H. The lowest BCUT2D eigenvalue weighted by molar-refractivity contribution is 0.191. The minimum Gasteiger partial charge on any atom is -0.493 e. The van der Waals surface area contributed by atoms with E-state index in [1.165, 1.54) is 6.07 Å². The SMILES string of the molecule is CCC(CNC(=NC)NCc1cc(OC)c(OC)c(OC)c1)Oc1ccccc1F.I. The highest BCUT2D eigenvalue weighted by atomic mass is 127. The maximum absolute atomic E-state index is 13.8. The topological polar surface area (TPSA) is 73.3 Å². The molecule has 2 aromatic carbocycles. The number of benzene rings is 2. The molecule has 9 heteroatoms. The first-order valence-corrected chi connectivity index (χ1v) is 9.70. The molecule has 0 spiro atoms. The van der Waals surface area contributed by atoms with Crippen LogP contribution in [-0.2, 0) is 6.54 Å². The van der Waals surface area contributed by atoms with Crippen molar-refractivity contribution in [3.63, 3.8) is 0 Å². The second kappa shape index (κ2) is 13.8. The minimum atomic E-state index is -0.374. The van der Waals surface area contributed by atoms with E-state index in [4.69, 9.17) is 18.9 Å². The smallest absolute Gasteiger partial charge is 0.203 e. The van der Waals surface area contributed by atoms with E-state index in [0.717, 1.165) is 5.56 Å². The number of para-hydroxylation sites is 1. The van der Waals surface area contributed by atoms with Gasteiger partial charge in [-0.15, -0.1) is 24.0 Å². The quantitative estimate of drug-likeness (QED) is 0.266. The van der Waals surface area contributed by atoms with E-state index in [-0.39, 0.29) is 41.6 Å². The number of nitrogens with one attached hydrogen (secondary N) is 2. The Balaban J connectivity index is 0.00000480. The Morgan fingerprint density at radius 2 is 1.65 bits per heavy atom. The van der Waals surface area contributed by atoms with Crippen LogP contribution >= 0.6 is 24.0 Å². The zero-order valence-corrected chi connectivity index (χ0v) is 20.9. The second-order valence-electron chi connectivity index (χ2n) is 6.42. The van der Waals surface area contributed by atoms with Gasteiger partial charge in [-0.1, -0.05) is 19.1 Å². The summed E-state index contributed by atoms with van der Waals surface area (Å²) in [6.07, 6.45) is 0.507. The molecule has 31 heavy (non-hydrogen) atoms. The molecule has 0 fully saturated rings. The summed E-state index contributed by atoms with van der Waals surface area (Å²) in [5, 5.41) is 6.45. The van der Waals surface area contributed by atoms with Crippen molar-refractivity contribution in [1.82, 2.24) is 10.6 Å². The van der Waals surface area contributed by atoms with E-state index in [9.17, 15) is 4.39 Å². The lowest BCUT2D eigenvalue weighted by Gasteiger charge is -2.20. The highest BCUT2D eigenvalue weighted by Crippen LogP contribution is 2.38. The molecule has 0 aromatic heterocycles. The summed E-state index contributed by atoms with van der Waals surface area (Å²) in [4.78, 5) is 4.23. The van der Waals surface area contributed by atoms with Crippen molar-refractivity contribution in [3.8, 4) is 23.0 Å². The van der Waals surface area contributed by atoms with Crippen molar-refractivity contribution in [3.05, 3.63) is 47.8 Å². The van der Waals surface area contributed by atoms with Gasteiger partial charge in [0.1, 0.15) is 6.10 Å². The maximum Gasteiger partial charge on any atom is 0.203 e. The Labute approximate surface area is 200 Å². The van der Waals surface area contributed by atoms with Crippen LogP contribution in [0.1, 0.15) is 18.9 Å². The average Bonchev–Trinajstić information content (AvgIpc) is 2.78. The molecule has 2 aromatic rings. The zero-order valence-electron chi connectivity index (χ0n) is 18.5. The van der Waals surface area contributed by atoms with Crippen LogP contribution < -0.4 is 29.6 Å². The Kier molecular flexibility index (Phi) is 11.8. The van der Waals surface area contributed by atoms with Crippen LogP contribution in [0.5, 0.6) is 23.0 Å². The molecule has 0 saturated carbocycles. The van der Waals surface area contributed by atoms with Crippen molar-refractivity contribution in [1.29, 1.82) is 0 Å². The van der Waals surface area contributed by atoms with Crippen LogP contribution in [0.4, 0.5) is 4.39 Å². The molecule has 0 aliphatic rings. The predicted octanol–water partition coefficient (Wildman–Crippen LogP) is 3.99. The summed E-state index contributed by atoms with van der Waals surface area (Å²) in [5.41, 5.74) is 0.932. The number of methoxy groups -OCH3 is 3. The molecule has 0 aliphatic carbocycles. The number of guanidine groups is 1. The number of halogens is 2. The molecule has 0 saturated heterocycles. The van der Waals surface area contributed by atoms with Gasteiger partial charge in [-0.05, 0) is 36.2 Å². The molecular formula is C22H31FIN3O4. The van der Waals surface area contributed by atoms with Gasteiger partial charge in [0.25, 0.3) is 0 Å². The molecule has 0 heterocycles. The number of hydrogen-bond donors (Lipinski definition) is 2. The van der Waals surface area contributed by atoms with Crippen molar-refractivity contribution < 1.29 is 23.3 Å². The van der Waals surface area contributed by atoms with Crippen molar-refractivity contribution in [2.24, 2.45) is 4.99 Å².